The number of phenolic OH excluding ortho intramolecular Hbond substituents is 1. The van der Waals surface area contributed by atoms with Crippen LogP contribution in [0.25, 0.3) is 0 Å². The SMILES string of the molecule is C=CCS/C(N)=N\N=C/c1ccccc1O. The summed E-state index contributed by atoms with van der Waals surface area (Å²) in [5.41, 5.74) is 6.16. The molecule has 4 nitrogen and oxygen atoms in total. The molecule has 0 atom stereocenters. The van der Waals surface area contributed by atoms with Crippen molar-refractivity contribution >= 4 is 23.1 Å². The molecule has 0 unspecified atom stereocenters. The minimum absolute atomic E-state index is 0.166. The number of phenols is 1. The first-order valence-electron chi connectivity index (χ1n) is 4.62. The molecule has 0 amide bonds. The van der Waals surface area contributed by atoms with Gasteiger partial charge in [0.15, 0.2) is 5.17 Å². The number of hydrogen-bond donors (Lipinski definition) is 2. The summed E-state index contributed by atoms with van der Waals surface area (Å²) >= 11 is 1.35. The van der Waals surface area contributed by atoms with E-state index >= 15 is 0 Å². The molecule has 0 heterocycles. The van der Waals surface area contributed by atoms with Crippen LogP contribution in [0.15, 0.2) is 47.1 Å². The number of nitrogens with zero attached hydrogens (tertiary/aromatic N) is 2. The fourth-order valence-corrected chi connectivity index (χ4v) is 1.31. The van der Waals surface area contributed by atoms with E-state index in [-0.39, 0.29) is 5.75 Å². The molecule has 0 spiro atoms. The normalized spacial score (nSPS) is 11.9. The Kier molecular flexibility index (Phi) is 5.15. The largest absolute Gasteiger partial charge is 0.507 e. The number of rotatable bonds is 4. The quantitative estimate of drug-likeness (QED) is 0.363. The zero-order valence-corrected chi connectivity index (χ0v) is 9.52. The van der Waals surface area contributed by atoms with E-state index in [2.05, 4.69) is 16.8 Å². The van der Waals surface area contributed by atoms with Gasteiger partial charge in [-0.25, -0.2) is 0 Å². The second-order valence-corrected chi connectivity index (χ2v) is 3.88. The topological polar surface area (TPSA) is 71.0 Å². The van der Waals surface area contributed by atoms with Gasteiger partial charge in [0.1, 0.15) is 5.75 Å². The van der Waals surface area contributed by atoms with Crippen LogP contribution in [-0.2, 0) is 0 Å². The van der Waals surface area contributed by atoms with Gasteiger partial charge in [-0.2, -0.15) is 5.10 Å². The average molecular weight is 235 g/mol. The Morgan fingerprint density at radius 1 is 1.50 bits per heavy atom. The lowest BCUT2D eigenvalue weighted by Gasteiger charge is -1.95. The monoisotopic (exact) mass is 235 g/mol. The van der Waals surface area contributed by atoms with Gasteiger partial charge in [-0.15, -0.1) is 11.7 Å². The standard InChI is InChI=1S/C11H13N3OS/c1-2-7-16-11(12)14-13-8-9-5-3-4-6-10(9)15/h2-6,8,15H,1,7H2,(H2,12,14)/b13-8-. The molecule has 0 radical (unpaired) electrons. The molecule has 84 valence electrons. The molecule has 0 fully saturated rings. The Morgan fingerprint density at radius 2 is 2.25 bits per heavy atom. The molecule has 1 aromatic carbocycles. The summed E-state index contributed by atoms with van der Waals surface area (Å²) in [6.45, 7) is 3.57. The van der Waals surface area contributed by atoms with Crippen LogP contribution in [0.5, 0.6) is 5.75 Å². The highest BCUT2D eigenvalue weighted by Gasteiger charge is 1.94. The number of nitrogens with two attached hydrogens (primary N) is 1. The van der Waals surface area contributed by atoms with Gasteiger partial charge in [-0.05, 0) is 12.1 Å². The van der Waals surface area contributed by atoms with Gasteiger partial charge in [0.05, 0.1) is 6.21 Å². The molecule has 0 saturated heterocycles. The highest BCUT2D eigenvalue weighted by Crippen LogP contribution is 2.12. The molecule has 3 N–H and O–H groups in total. The average Bonchev–Trinajstić information content (AvgIpc) is 2.29. The molecule has 0 bridgehead atoms. The number of para-hydroxylation sites is 1. The zero-order chi connectivity index (χ0) is 11.8. The van der Waals surface area contributed by atoms with Crippen molar-refractivity contribution in [2.75, 3.05) is 5.75 Å². The second-order valence-electron chi connectivity index (χ2n) is 2.84. The fraction of sp³-hybridized carbons (Fsp3) is 0.0909. The van der Waals surface area contributed by atoms with Crippen LogP contribution >= 0.6 is 11.8 Å². The third kappa shape index (κ3) is 4.18. The van der Waals surface area contributed by atoms with Gasteiger partial charge in [-0.3, -0.25) is 0 Å². The molecule has 0 aromatic heterocycles. The molecule has 1 aromatic rings. The molecular formula is C11H13N3OS. The van der Waals surface area contributed by atoms with Crippen LogP contribution in [0, 0.1) is 0 Å². The molecule has 16 heavy (non-hydrogen) atoms. The van der Waals surface area contributed by atoms with Crippen molar-refractivity contribution in [3.05, 3.63) is 42.5 Å². The van der Waals surface area contributed by atoms with E-state index in [0.29, 0.717) is 16.5 Å². The van der Waals surface area contributed by atoms with Gasteiger partial charge in [-0.1, -0.05) is 30.0 Å². The van der Waals surface area contributed by atoms with Gasteiger partial charge in [0.25, 0.3) is 0 Å². The minimum Gasteiger partial charge on any atom is -0.507 e. The van der Waals surface area contributed by atoms with Crippen molar-refractivity contribution in [3.8, 4) is 5.75 Å². The van der Waals surface area contributed by atoms with Crippen molar-refractivity contribution < 1.29 is 5.11 Å². The van der Waals surface area contributed by atoms with Crippen molar-refractivity contribution in [1.82, 2.24) is 0 Å². The summed E-state index contributed by atoms with van der Waals surface area (Å²) in [6.07, 6.45) is 3.19. The van der Waals surface area contributed by atoms with Gasteiger partial charge in [0, 0.05) is 11.3 Å². The third-order valence-corrected chi connectivity index (χ3v) is 2.42. The Bertz CT molecular complexity index is 415. The van der Waals surface area contributed by atoms with Crippen LogP contribution in [-0.4, -0.2) is 22.2 Å². The Hall–Kier alpha value is -1.75. The molecule has 0 aliphatic carbocycles. The number of benzene rings is 1. The van der Waals surface area contributed by atoms with Crippen LogP contribution in [0.3, 0.4) is 0 Å². The lowest BCUT2D eigenvalue weighted by atomic mass is 10.2. The number of amidine groups is 1. The number of thioether (sulfide) groups is 1. The number of aromatic hydroxyl groups is 1. The van der Waals surface area contributed by atoms with Crippen molar-refractivity contribution in [2.45, 2.75) is 0 Å². The first-order valence-corrected chi connectivity index (χ1v) is 5.61. The maximum absolute atomic E-state index is 9.43. The van der Waals surface area contributed by atoms with Crippen LogP contribution in [0.1, 0.15) is 5.56 Å². The van der Waals surface area contributed by atoms with Crippen LogP contribution in [0.2, 0.25) is 0 Å². The van der Waals surface area contributed by atoms with E-state index in [1.807, 2.05) is 0 Å². The predicted octanol–water partition coefficient (Wildman–Crippen LogP) is 1.96. The van der Waals surface area contributed by atoms with Gasteiger partial charge >= 0.3 is 0 Å². The summed E-state index contributed by atoms with van der Waals surface area (Å²) in [5.74, 6) is 0.861. The van der Waals surface area contributed by atoms with E-state index in [0.717, 1.165) is 0 Å². The van der Waals surface area contributed by atoms with E-state index < -0.39 is 0 Å². The lowest BCUT2D eigenvalue weighted by Crippen LogP contribution is -2.05. The summed E-state index contributed by atoms with van der Waals surface area (Å²) in [4.78, 5) is 0. The van der Waals surface area contributed by atoms with Crippen molar-refractivity contribution in [1.29, 1.82) is 0 Å². The van der Waals surface area contributed by atoms with E-state index in [1.165, 1.54) is 18.0 Å². The Balaban J connectivity index is 2.60. The van der Waals surface area contributed by atoms with Gasteiger partial charge < -0.3 is 10.8 Å². The van der Waals surface area contributed by atoms with Crippen LogP contribution in [0.4, 0.5) is 0 Å². The van der Waals surface area contributed by atoms with Crippen LogP contribution < -0.4 is 5.73 Å². The summed E-state index contributed by atoms with van der Waals surface area (Å²) < 4.78 is 0. The van der Waals surface area contributed by atoms with E-state index in [4.69, 9.17) is 5.73 Å². The second kappa shape index (κ2) is 6.68. The molecule has 0 aliphatic rings. The summed E-state index contributed by atoms with van der Waals surface area (Å²) in [6, 6.07) is 6.87. The first-order chi connectivity index (χ1) is 7.74. The van der Waals surface area contributed by atoms with E-state index in [1.54, 1.807) is 30.3 Å². The zero-order valence-electron chi connectivity index (χ0n) is 8.71. The Morgan fingerprint density at radius 3 is 2.94 bits per heavy atom. The fourth-order valence-electron chi connectivity index (χ4n) is 0.918. The lowest BCUT2D eigenvalue weighted by molar-refractivity contribution is 0.474. The molecule has 0 saturated carbocycles. The number of hydrogen-bond acceptors (Lipinski definition) is 4. The molecule has 0 aliphatic heterocycles. The smallest absolute Gasteiger partial charge is 0.180 e. The van der Waals surface area contributed by atoms with Crippen molar-refractivity contribution in [2.24, 2.45) is 15.9 Å². The Labute approximate surface area is 98.6 Å². The minimum atomic E-state index is 0.166. The molecule has 5 heteroatoms. The first kappa shape index (κ1) is 12.3. The highest BCUT2D eigenvalue weighted by atomic mass is 32.2. The highest BCUT2D eigenvalue weighted by molar-refractivity contribution is 8.13. The van der Waals surface area contributed by atoms with Gasteiger partial charge in [0.2, 0.25) is 0 Å². The molecule has 1 rings (SSSR count). The summed E-state index contributed by atoms with van der Waals surface area (Å²) in [7, 11) is 0. The predicted molar refractivity (Wildman–Crippen MR) is 70.0 cm³/mol. The third-order valence-electron chi connectivity index (χ3n) is 1.64. The summed E-state index contributed by atoms with van der Waals surface area (Å²) in [5, 5.41) is 17.3. The molecular weight excluding hydrogens is 222 g/mol. The van der Waals surface area contributed by atoms with Crippen molar-refractivity contribution in [3.63, 3.8) is 0 Å². The maximum atomic E-state index is 9.43. The maximum Gasteiger partial charge on any atom is 0.180 e. The van der Waals surface area contributed by atoms with E-state index in [9.17, 15) is 5.11 Å².